The molecule has 0 saturated carbocycles. The topological polar surface area (TPSA) is 62.3 Å². The fraction of sp³-hybridized carbons (Fsp3) is 0.583. The van der Waals surface area contributed by atoms with Gasteiger partial charge in [0, 0.05) is 25.3 Å². The van der Waals surface area contributed by atoms with Crippen LogP contribution in [0.2, 0.25) is 0 Å². The number of pyridine rings is 1. The standard InChI is InChI=1S/C12H18FN3O2S/c1-2-5-16(11-3-4-14-8-11)19(17,18)12-6-10(13)7-15-9-12/h6-7,9,11,14H,2-5,8H2,1H3. The van der Waals surface area contributed by atoms with Crippen LogP contribution in [0.5, 0.6) is 0 Å². The molecule has 0 aromatic carbocycles. The predicted molar refractivity (Wildman–Crippen MR) is 69.7 cm³/mol. The molecule has 0 spiro atoms. The molecule has 1 aliphatic heterocycles. The van der Waals surface area contributed by atoms with Crippen molar-refractivity contribution in [1.82, 2.24) is 14.6 Å². The van der Waals surface area contributed by atoms with Crippen LogP contribution in [0.15, 0.2) is 23.4 Å². The van der Waals surface area contributed by atoms with Gasteiger partial charge in [0.1, 0.15) is 10.7 Å². The van der Waals surface area contributed by atoms with Crippen LogP contribution >= 0.6 is 0 Å². The van der Waals surface area contributed by atoms with Gasteiger partial charge in [0.15, 0.2) is 0 Å². The normalized spacial score (nSPS) is 20.1. The summed E-state index contributed by atoms with van der Waals surface area (Å²) in [5, 5.41) is 3.15. The molecule has 1 unspecified atom stereocenters. The number of halogens is 1. The van der Waals surface area contributed by atoms with Crippen LogP contribution in [0.25, 0.3) is 0 Å². The molecule has 106 valence electrons. The summed E-state index contributed by atoms with van der Waals surface area (Å²) in [7, 11) is -3.68. The van der Waals surface area contributed by atoms with Gasteiger partial charge in [-0.15, -0.1) is 0 Å². The zero-order chi connectivity index (χ0) is 13.9. The zero-order valence-corrected chi connectivity index (χ0v) is 11.7. The van der Waals surface area contributed by atoms with Crippen LogP contribution in [0.3, 0.4) is 0 Å². The maximum absolute atomic E-state index is 13.2. The van der Waals surface area contributed by atoms with Crippen molar-refractivity contribution in [2.75, 3.05) is 19.6 Å². The molecule has 5 nitrogen and oxygen atoms in total. The highest BCUT2D eigenvalue weighted by Crippen LogP contribution is 2.21. The summed E-state index contributed by atoms with van der Waals surface area (Å²) in [6, 6.07) is 0.959. The molecule has 19 heavy (non-hydrogen) atoms. The molecule has 0 aliphatic carbocycles. The fourth-order valence-electron chi connectivity index (χ4n) is 2.27. The molecule has 1 saturated heterocycles. The summed E-state index contributed by atoms with van der Waals surface area (Å²) in [6.07, 6.45) is 3.70. The van der Waals surface area contributed by atoms with Gasteiger partial charge in [0.25, 0.3) is 0 Å². The Hall–Kier alpha value is -1.05. The Labute approximate surface area is 112 Å². The molecule has 1 aromatic heterocycles. The maximum atomic E-state index is 13.2. The minimum atomic E-state index is -3.68. The quantitative estimate of drug-likeness (QED) is 0.877. The average Bonchev–Trinajstić information content (AvgIpc) is 2.89. The molecule has 0 radical (unpaired) electrons. The van der Waals surface area contributed by atoms with Crippen molar-refractivity contribution in [3.8, 4) is 0 Å². The third kappa shape index (κ3) is 3.10. The minimum Gasteiger partial charge on any atom is -0.315 e. The Morgan fingerprint density at radius 1 is 1.53 bits per heavy atom. The second kappa shape index (κ2) is 5.94. The summed E-state index contributed by atoms with van der Waals surface area (Å²) >= 11 is 0. The second-order valence-corrected chi connectivity index (χ2v) is 6.49. The van der Waals surface area contributed by atoms with Crippen LogP contribution in [0, 0.1) is 5.82 Å². The third-order valence-electron chi connectivity index (χ3n) is 3.17. The number of hydrogen-bond acceptors (Lipinski definition) is 4. The Bertz CT molecular complexity index is 530. The van der Waals surface area contributed by atoms with E-state index in [1.165, 1.54) is 10.5 Å². The van der Waals surface area contributed by atoms with E-state index in [1.807, 2.05) is 6.92 Å². The lowest BCUT2D eigenvalue weighted by Gasteiger charge is -2.27. The maximum Gasteiger partial charge on any atom is 0.245 e. The van der Waals surface area contributed by atoms with E-state index in [0.717, 1.165) is 31.6 Å². The highest BCUT2D eigenvalue weighted by Gasteiger charge is 2.32. The Kier molecular flexibility index (Phi) is 4.49. The predicted octanol–water partition coefficient (Wildman–Crippen LogP) is 0.983. The smallest absolute Gasteiger partial charge is 0.245 e. The molecular weight excluding hydrogens is 269 g/mol. The van der Waals surface area contributed by atoms with E-state index in [9.17, 15) is 12.8 Å². The summed E-state index contributed by atoms with van der Waals surface area (Å²) in [4.78, 5) is 3.55. The molecule has 2 rings (SSSR count). The first-order chi connectivity index (χ1) is 9.05. The lowest BCUT2D eigenvalue weighted by atomic mass is 10.2. The molecule has 1 aliphatic rings. The van der Waals surface area contributed by atoms with Crippen molar-refractivity contribution in [3.05, 3.63) is 24.3 Å². The number of nitrogens with zero attached hydrogens (tertiary/aromatic N) is 2. The summed E-state index contributed by atoms with van der Waals surface area (Å²) in [5.41, 5.74) is 0. The molecule has 7 heteroatoms. The van der Waals surface area contributed by atoms with E-state index < -0.39 is 15.8 Å². The molecule has 1 fully saturated rings. The number of sulfonamides is 1. The first kappa shape index (κ1) is 14.4. The van der Waals surface area contributed by atoms with Gasteiger partial charge in [-0.05, 0) is 25.5 Å². The van der Waals surface area contributed by atoms with Crippen molar-refractivity contribution in [2.24, 2.45) is 0 Å². The monoisotopic (exact) mass is 287 g/mol. The number of aromatic nitrogens is 1. The van der Waals surface area contributed by atoms with Gasteiger partial charge >= 0.3 is 0 Å². The Morgan fingerprint density at radius 2 is 2.32 bits per heavy atom. The van der Waals surface area contributed by atoms with E-state index in [1.54, 1.807) is 0 Å². The summed E-state index contributed by atoms with van der Waals surface area (Å²) in [6.45, 7) is 3.81. The third-order valence-corrected chi connectivity index (χ3v) is 5.09. The number of nitrogens with one attached hydrogen (secondary N) is 1. The summed E-state index contributed by atoms with van der Waals surface area (Å²) in [5.74, 6) is -0.637. The van der Waals surface area contributed by atoms with Gasteiger partial charge in [0.2, 0.25) is 10.0 Å². The molecule has 1 atom stereocenters. The summed E-state index contributed by atoms with van der Waals surface area (Å²) < 4.78 is 39.7. The Balaban J connectivity index is 2.33. The first-order valence-corrected chi connectivity index (χ1v) is 7.83. The van der Waals surface area contributed by atoms with Crippen molar-refractivity contribution in [2.45, 2.75) is 30.7 Å². The molecule has 1 N–H and O–H groups in total. The van der Waals surface area contributed by atoms with Crippen molar-refractivity contribution >= 4 is 10.0 Å². The SMILES string of the molecule is CCCN(C1CCNC1)S(=O)(=O)c1cncc(F)c1. The van der Waals surface area contributed by atoms with E-state index >= 15 is 0 Å². The van der Waals surface area contributed by atoms with E-state index in [0.29, 0.717) is 13.1 Å². The van der Waals surface area contributed by atoms with Gasteiger partial charge in [0.05, 0.1) is 6.20 Å². The molecular formula is C12H18FN3O2S. The molecule has 1 aromatic rings. The first-order valence-electron chi connectivity index (χ1n) is 6.39. The zero-order valence-electron chi connectivity index (χ0n) is 10.8. The van der Waals surface area contributed by atoms with Crippen LogP contribution in [-0.2, 0) is 10.0 Å². The largest absolute Gasteiger partial charge is 0.315 e. The number of rotatable bonds is 5. The molecule has 0 bridgehead atoms. The lowest BCUT2D eigenvalue weighted by Crippen LogP contribution is -2.42. The van der Waals surface area contributed by atoms with Gasteiger partial charge in [-0.25, -0.2) is 12.8 Å². The van der Waals surface area contributed by atoms with Crippen LogP contribution < -0.4 is 5.32 Å². The van der Waals surface area contributed by atoms with Crippen LogP contribution in [0.1, 0.15) is 19.8 Å². The van der Waals surface area contributed by atoms with Crippen molar-refractivity contribution < 1.29 is 12.8 Å². The Morgan fingerprint density at radius 3 is 2.89 bits per heavy atom. The highest BCUT2D eigenvalue weighted by molar-refractivity contribution is 7.89. The number of hydrogen-bond donors (Lipinski definition) is 1. The molecule has 2 heterocycles. The molecule has 0 amide bonds. The van der Waals surface area contributed by atoms with E-state index in [-0.39, 0.29) is 10.9 Å². The van der Waals surface area contributed by atoms with Crippen LogP contribution in [-0.4, -0.2) is 43.4 Å². The van der Waals surface area contributed by atoms with Gasteiger partial charge in [-0.2, -0.15) is 4.31 Å². The van der Waals surface area contributed by atoms with Crippen molar-refractivity contribution in [3.63, 3.8) is 0 Å². The van der Waals surface area contributed by atoms with Crippen molar-refractivity contribution in [1.29, 1.82) is 0 Å². The fourth-order valence-corrected chi connectivity index (χ4v) is 4.00. The van der Waals surface area contributed by atoms with Crippen LogP contribution in [0.4, 0.5) is 4.39 Å². The van der Waals surface area contributed by atoms with Gasteiger partial charge in [-0.1, -0.05) is 6.92 Å². The highest BCUT2D eigenvalue weighted by atomic mass is 32.2. The van der Waals surface area contributed by atoms with Gasteiger partial charge in [-0.3, -0.25) is 4.98 Å². The van der Waals surface area contributed by atoms with E-state index in [2.05, 4.69) is 10.3 Å². The van der Waals surface area contributed by atoms with E-state index in [4.69, 9.17) is 0 Å². The minimum absolute atomic E-state index is 0.0618. The lowest BCUT2D eigenvalue weighted by molar-refractivity contribution is 0.334. The average molecular weight is 287 g/mol. The van der Waals surface area contributed by atoms with Gasteiger partial charge < -0.3 is 5.32 Å². The second-order valence-electron chi connectivity index (χ2n) is 4.60.